The molecule has 0 saturated carbocycles. The average Bonchev–Trinajstić information content (AvgIpc) is 3.23. The van der Waals surface area contributed by atoms with Crippen LogP contribution in [0, 0.1) is 13.8 Å². The van der Waals surface area contributed by atoms with E-state index in [-0.39, 0.29) is 77.7 Å². The van der Waals surface area contributed by atoms with E-state index < -0.39 is 21.6 Å². The largest absolute Gasteiger partial charge is 0.505 e. The summed E-state index contributed by atoms with van der Waals surface area (Å²) in [6, 6.07) is 15.3. The minimum atomic E-state index is -3.81. The minimum absolute atomic E-state index is 0.0522. The van der Waals surface area contributed by atoms with E-state index in [1.54, 1.807) is 29.8 Å². The van der Waals surface area contributed by atoms with Gasteiger partial charge in [0.05, 0.1) is 68.5 Å². The van der Waals surface area contributed by atoms with Crippen molar-refractivity contribution in [2.24, 2.45) is 20.5 Å². The van der Waals surface area contributed by atoms with Crippen molar-refractivity contribution in [1.29, 1.82) is 0 Å². The number of fused-ring (bicyclic) bond motifs is 1. The molecule has 26 heteroatoms. The number of nitrogens with zero attached hydrogens (tertiary/aromatic N) is 5. The maximum absolute atomic E-state index is 13.3. The number of carbonyl (C=O) groups excluding carboxylic acids is 1. The number of aryl methyl sites for hydroxylation is 3. The fraction of sp³-hybridized carbons (Fsp3) is 0.176. The molecule has 318 valence electrons. The van der Waals surface area contributed by atoms with Crippen molar-refractivity contribution in [3.8, 4) is 11.5 Å². The van der Waals surface area contributed by atoms with Gasteiger partial charge in [-0.15, -0.1) is 33.5 Å². The van der Waals surface area contributed by atoms with E-state index >= 15 is 0 Å². The summed E-state index contributed by atoms with van der Waals surface area (Å²) < 4.78 is 52.5. The summed E-state index contributed by atoms with van der Waals surface area (Å²) >= 11 is 2.20. The molecular formula is C34H33N6O15S5+. The Morgan fingerprint density at radius 1 is 0.800 bits per heavy atom. The number of phenols is 1. The van der Waals surface area contributed by atoms with Crippen LogP contribution in [0.5, 0.6) is 11.5 Å². The summed E-state index contributed by atoms with van der Waals surface area (Å²) in [5.41, 5.74) is 8.25. The molecule has 0 atom stereocenters. The van der Waals surface area contributed by atoms with Crippen molar-refractivity contribution in [2.75, 3.05) is 24.3 Å². The van der Waals surface area contributed by atoms with Crippen LogP contribution in [-0.2, 0) is 53.5 Å². The van der Waals surface area contributed by atoms with Gasteiger partial charge in [-0.05, 0) is 74.0 Å². The van der Waals surface area contributed by atoms with Crippen molar-refractivity contribution < 1.29 is 75.7 Å². The highest BCUT2D eigenvalue weighted by atomic mass is 32.2. The Hall–Kier alpha value is -4.65. The number of rotatable bonds is 21. The molecule has 0 bridgehead atoms. The van der Waals surface area contributed by atoms with Crippen molar-refractivity contribution in [2.45, 2.75) is 40.0 Å². The van der Waals surface area contributed by atoms with Crippen molar-refractivity contribution >= 4 is 103 Å². The molecule has 0 radical (unpaired) electrons. The van der Waals surface area contributed by atoms with Crippen LogP contribution in [0.3, 0.4) is 0 Å². The monoisotopic (exact) mass is 925 g/mol. The zero-order chi connectivity index (χ0) is 43.2. The summed E-state index contributed by atoms with van der Waals surface area (Å²) in [4.78, 5) is 12.6. The number of carbonyl (C=O) groups is 1. The Labute approximate surface area is 357 Å². The van der Waals surface area contributed by atoms with Gasteiger partial charge in [-0.2, -0.15) is 0 Å². The van der Waals surface area contributed by atoms with Crippen LogP contribution in [0.25, 0.3) is 10.8 Å². The lowest BCUT2D eigenvalue weighted by Crippen LogP contribution is -2.36. The lowest BCUT2D eigenvalue weighted by Gasteiger charge is -2.12. The highest BCUT2D eigenvalue weighted by Crippen LogP contribution is 2.48. The van der Waals surface area contributed by atoms with Crippen LogP contribution in [0.4, 0.5) is 28.4 Å². The third-order valence-corrected chi connectivity index (χ3v) is 12.3. The number of ether oxygens (including phenoxy) is 1. The number of nitrogen functional groups attached to an aromatic ring is 1. The molecule has 0 amide bonds. The first kappa shape index (κ1) is 46.4. The molecule has 1 heterocycles. The molecular weight excluding hydrogens is 893 g/mol. The van der Waals surface area contributed by atoms with Crippen LogP contribution in [-0.4, -0.2) is 53.9 Å². The molecule has 5 aromatic rings. The highest BCUT2D eigenvalue weighted by molar-refractivity contribution is 7.96. The van der Waals surface area contributed by atoms with Gasteiger partial charge in [-0.3, -0.25) is 4.79 Å². The lowest BCUT2D eigenvalue weighted by atomic mass is 10.1. The Morgan fingerprint density at radius 3 is 2.23 bits per heavy atom. The number of pyridine rings is 1. The molecule has 0 unspecified atom stereocenters. The summed E-state index contributed by atoms with van der Waals surface area (Å²) in [5, 5.41) is 66.1. The summed E-state index contributed by atoms with van der Waals surface area (Å²) in [6.07, 6.45) is 3.59. The number of azo groups is 2. The number of aromatic hydroxyl groups is 1. The first-order chi connectivity index (χ1) is 28.9. The second-order valence-corrected chi connectivity index (χ2v) is 16.9. The van der Waals surface area contributed by atoms with E-state index in [9.17, 15) is 18.3 Å². The standard InChI is InChI=1S/C34H32N6O15S5/c1-19-5-4-10-40(17-19)11-12-60(46,47)21-6-9-25(29(14-21)58-54-51-44)36-38-32-23-15-30(59-55-52-45)33(34(42)22(23)7-8-24(32)35)39-37-26-13-20(2)28(16-27(26)48-3)57-49-31(41)18-56-53-50-43/h4-10,13-17H,11-12,18,35H2,1-3H3,(H3-,42,43,44,45)/p+1. The Balaban J connectivity index is 1.47. The molecule has 0 aliphatic rings. The number of hydrogen-bond acceptors (Lipinski definition) is 24. The second kappa shape index (κ2) is 22.3. The molecule has 6 N–H and O–H groups in total. The number of sulfone groups is 1. The van der Waals surface area contributed by atoms with Crippen molar-refractivity contribution in [1.82, 2.24) is 0 Å². The average molecular weight is 926 g/mol. The van der Waals surface area contributed by atoms with Gasteiger partial charge >= 0.3 is 5.97 Å². The van der Waals surface area contributed by atoms with Gasteiger partial charge in [0, 0.05) is 34.4 Å². The fourth-order valence-corrected chi connectivity index (χ4v) is 8.37. The maximum Gasteiger partial charge on any atom is 0.330 e. The van der Waals surface area contributed by atoms with Crippen LogP contribution in [0.15, 0.2) is 113 Å². The molecule has 0 spiro atoms. The third kappa shape index (κ3) is 12.2. The number of methoxy groups -OCH3 is 1. The van der Waals surface area contributed by atoms with E-state index in [2.05, 4.69) is 48.6 Å². The molecule has 0 fully saturated rings. The van der Waals surface area contributed by atoms with Gasteiger partial charge in [0.2, 0.25) is 0 Å². The Bertz CT molecular complexity index is 2500. The summed E-state index contributed by atoms with van der Waals surface area (Å²) in [5.74, 6) is -1.37. The van der Waals surface area contributed by atoms with Crippen LogP contribution in [0.2, 0.25) is 0 Å². The van der Waals surface area contributed by atoms with E-state index in [0.717, 1.165) is 17.6 Å². The predicted octanol–water partition coefficient (Wildman–Crippen LogP) is 8.82. The fourth-order valence-electron chi connectivity index (χ4n) is 5.17. The molecule has 5 rings (SSSR count). The highest BCUT2D eigenvalue weighted by Gasteiger charge is 2.22. The first-order valence-electron chi connectivity index (χ1n) is 16.6. The Morgan fingerprint density at radius 2 is 1.52 bits per heavy atom. The number of anilines is 1. The summed E-state index contributed by atoms with van der Waals surface area (Å²) in [6.45, 7) is 3.80. The van der Waals surface area contributed by atoms with Gasteiger partial charge in [-0.1, -0.05) is 15.1 Å². The maximum atomic E-state index is 13.3. The molecule has 60 heavy (non-hydrogen) atoms. The van der Waals surface area contributed by atoms with Gasteiger partial charge in [0.25, 0.3) is 0 Å². The van der Waals surface area contributed by atoms with Gasteiger partial charge < -0.3 is 19.8 Å². The summed E-state index contributed by atoms with van der Waals surface area (Å²) in [7, 11) is -2.43. The van der Waals surface area contributed by atoms with Gasteiger partial charge in [-0.25, -0.2) is 28.8 Å². The molecule has 1 aromatic heterocycles. The third-order valence-electron chi connectivity index (χ3n) is 7.93. The Kier molecular flexibility index (Phi) is 17.2. The SMILES string of the molecule is COc1cc(SOC(=O)CSOOO)c(C)cc1N=Nc1c(SOOO)cc2c(N=Nc3ccc(S(=O)(=O)CC[n+]4cccc(C)c4)cc3SOOO)c(N)ccc2c1O. The van der Waals surface area contributed by atoms with Crippen LogP contribution < -0.4 is 15.0 Å². The van der Waals surface area contributed by atoms with E-state index in [0.29, 0.717) is 46.6 Å². The normalized spacial score (nSPS) is 11.9. The molecule has 0 saturated heterocycles. The number of benzene rings is 4. The second-order valence-electron chi connectivity index (χ2n) is 11.8. The smallest absolute Gasteiger partial charge is 0.330 e. The number of hydrogen-bond donors (Lipinski definition) is 5. The van der Waals surface area contributed by atoms with Gasteiger partial charge in [0.15, 0.2) is 34.5 Å². The first-order valence-corrected chi connectivity index (χ1v) is 21.4. The molecule has 4 aromatic carbocycles. The number of phenolic OH excluding ortho intramolecular Hbond substituents is 1. The van der Waals surface area contributed by atoms with Gasteiger partial charge in [0.1, 0.15) is 40.0 Å². The number of aromatic nitrogens is 1. The van der Waals surface area contributed by atoms with Crippen LogP contribution in [0.1, 0.15) is 11.1 Å². The zero-order valence-corrected chi connectivity index (χ0v) is 35.3. The molecule has 0 aliphatic heterocycles. The predicted molar refractivity (Wildman–Crippen MR) is 216 cm³/mol. The van der Waals surface area contributed by atoms with Crippen molar-refractivity contribution in [3.05, 3.63) is 84.2 Å². The zero-order valence-electron chi connectivity index (χ0n) is 31.2. The topological polar surface area (TPSA) is 285 Å². The van der Waals surface area contributed by atoms with E-state index in [1.165, 1.54) is 43.5 Å². The molecule has 21 nitrogen and oxygen atoms in total. The van der Waals surface area contributed by atoms with Crippen molar-refractivity contribution in [3.63, 3.8) is 0 Å². The van der Waals surface area contributed by atoms with E-state index in [4.69, 9.17) is 30.4 Å². The molecule has 0 aliphatic carbocycles. The quantitative estimate of drug-likeness (QED) is 0.00873. The van der Waals surface area contributed by atoms with E-state index in [1.807, 2.05) is 25.3 Å². The lowest BCUT2D eigenvalue weighted by molar-refractivity contribution is -0.692. The number of nitrogens with two attached hydrogens (primary N) is 1. The van der Waals surface area contributed by atoms with Crippen LogP contribution >= 0.6 is 48.2 Å². The minimum Gasteiger partial charge on any atom is -0.505 e.